The molecule has 0 saturated carbocycles. The predicted octanol–water partition coefficient (Wildman–Crippen LogP) is 2.67. The van der Waals surface area contributed by atoms with Gasteiger partial charge in [0.1, 0.15) is 0 Å². The molecule has 1 aliphatic heterocycles. The maximum atomic E-state index is 12.6. The van der Waals surface area contributed by atoms with Crippen LogP contribution in [0.4, 0.5) is 0 Å². The number of nitrogens with zero attached hydrogens (tertiary/aromatic N) is 1. The molecule has 0 radical (unpaired) electrons. The highest BCUT2D eigenvalue weighted by Crippen LogP contribution is 2.37. The summed E-state index contributed by atoms with van der Waals surface area (Å²) in [4.78, 5) is 16.0. The van der Waals surface area contributed by atoms with E-state index in [0.717, 1.165) is 11.4 Å². The topological polar surface area (TPSA) is 52.6 Å². The molecule has 2 aromatic rings. The average molecular weight is 330 g/mol. The number of hydrogen-bond donors (Lipinski definition) is 2. The van der Waals surface area contributed by atoms with Crippen LogP contribution in [-0.4, -0.2) is 41.1 Å². The number of aliphatic hydroxyl groups is 1. The molecule has 122 valence electrons. The number of likely N-dealkylation sites (tertiary alicyclic amines) is 1. The molecule has 2 heterocycles. The maximum absolute atomic E-state index is 12.6. The number of thiophene rings is 1. The molecule has 2 N–H and O–H groups in total. The predicted molar refractivity (Wildman–Crippen MR) is 92.6 cm³/mol. The van der Waals surface area contributed by atoms with Crippen LogP contribution < -0.4 is 5.32 Å². The van der Waals surface area contributed by atoms with Gasteiger partial charge in [0, 0.05) is 17.0 Å². The lowest BCUT2D eigenvalue weighted by Gasteiger charge is -2.47. The van der Waals surface area contributed by atoms with Gasteiger partial charge in [0.2, 0.25) is 0 Å². The van der Waals surface area contributed by atoms with Crippen LogP contribution in [0.2, 0.25) is 0 Å². The summed E-state index contributed by atoms with van der Waals surface area (Å²) in [6.45, 7) is 2.61. The van der Waals surface area contributed by atoms with E-state index < -0.39 is 5.60 Å². The zero-order chi connectivity index (χ0) is 16.4. The van der Waals surface area contributed by atoms with Crippen LogP contribution >= 0.6 is 11.3 Å². The first-order valence-corrected chi connectivity index (χ1v) is 8.69. The van der Waals surface area contributed by atoms with Crippen molar-refractivity contribution in [2.75, 3.05) is 13.6 Å². The summed E-state index contributed by atoms with van der Waals surface area (Å²) in [5, 5.41) is 16.0. The number of hydrogen-bond acceptors (Lipinski definition) is 4. The Kier molecular flexibility index (Phi) is 4.53. The van der Waals surface area contributed by atoms with Gasteiger partial charge < -0.3 is 10.4 Å². The van der Waals surface area contributed by atoms with Gasteiger partial charge in [-0.05, 0) is 44.0 Å². The summed E-state index contributed by atoms with van der Waals surface area (Å²) in [6, 6.07) is 12.8. The monoisotopic (exact) mass is 330 g/mol. The lowest BCUT2D eigenvalue weighted by Crippen LogP contribution is -2.61. The Balaban J connectivity index is 1.89. The molecule has 4 nitrogen and oxygen atoms in total. The third-order valence-corrected chi connectivity index (χ3v) is 5.53. The van der Waals surface area contributed by atoms with Crippen LogP contribution in [0.25, 0.3) is 0 Å². The summed E-state index contributed by atoms with van der Waals surface area (Å²) in [5.41, 5.74) is -0.326. The minimum atomic E-state index is -0.939. The number of likely N-dealkylation sites (N-methyl/N-ethyl adjacent to an activating group) is 1. The van der Waals surface area contributed by atoms with E-state index in [1.807, 2.05) is 43.6 Å². The second kappa shape index (κ2) is 6.43. The van der Waals surface area contributed by atoms with Crippen molar-refractivity contribution in [1.29, 1.82) is 0 Å². The highest BCUT2D eigenvalue weighted by Gasteiger charge is 2.45. The Morgan fingerprint density at radius 3 is 2.70 bits per heavy atom. The fraction of sp³-hybridized carbons (Fsp3) is 0.389. The van der Waals surface area contributed by atoms with Gasteiger partial charge in [-0.15, -0.1) is 11.3 Å². The van der Waals surface area contributed by atoms with E-state index in [2.05, 4.69) is 16.3 Å². The van der Waals surface area contributed by atoms with Gasteiger partial charge in [-0.25, -0.2) is 0 Å². The Bertz CT molecular complexity index is 655. The molecule has 23 heavy (non-hydrogen) atoms. The molecule has 1 amide bonds. The lowest BCUT2D eigenvalue weighted by atomic mass is 9.82. The molecule has 0 bridgehead atoms. The van der Waals surface area contributed by atoms with E-state index in [1.165, 1.54) is 0 Å². The average Bonchev–Trinajstić information content (AvgIpc) is 3.06. The number of carbonyl (C=O) groups is 1. The number of rotatable bonds is 3. The smallest absolute Gasteiger partial charge is 0.251 e. The second-order valence-electron chi connectivity index (χ2n) is 6.37. The number of benzene rings is 1. The normalized spacial score (nSPS) is 28.5. The number of nitrogens with one attached hydrogen (secondary N) is 1. The summed E-state index contributed by atoms with van der Waals surface area (Å²) < 4.78 is 0. The van der Waals surface area contributed by atoms with Gasteiger partial charge in [-0.1, -0.05) is 24.3 Å². The highest BCUT2D eigenvalue weighted by atomic mass is 32.1. The first-order valence-electron chi connectivity index (χ1n) is 7.81. The molecule has 0 aliphatic carbocycles. The Morgan fingerprint density at radius 1 is 1.30 bits per heavy atom. The largest absolute Gasteiger partial charge is 0.388 e. The fourth-order valence-corrected chi connectivity index (χ4v) is 4.11. The van der Waals surface area contributed by atoms with Crippen LogP contribution in [0, 0.1) is 0 Å². The summed E-state index contributed by atoms with van der Waals surface area (Å²) >= 11 is 1.66. The fourth-order valence-electron chi connectivity index (χ4n) is 3.18. The van der Waals surface area contributed by atoms with Gasteiger partial charge in [0.05, 0.1) is 17.7 Å². The molecule has 5 heteroatoms. The van der Waals surface area contributed by atoms with Gasteiger partial charge in [0.15, 0.2) is 0 Å². The second-order valence-corrected chi connectivity index (χ2v) is 7.34. The molecule has 3 atom stereocenters. The Morgan fingerprint density at radius 2 is 2.04 bits per heavy atom. The molecule has 0 unspecified atom stereocenters. The summed E-state index contributed by atoms with van der Waals surface area (Å²) in [6.07, 6.45) is 0.630. The maximum Gasteiger partial charge on any atom is 0.251 e. The Labute approximate surface area is 140 Å². The van der Waals surface area contributed by atoms with Crippen molar-refractivity contribution < 1.29 is 9.90 Å². The number of carbonyl (C=O) groups excluding carboxylic acids is 1. The molecule has 1 aromatic carbocycles. The van der Waals surface area contributed by atoms with Gasteiger partial charge >= 0.3 is 0 Å². The third-order valence-electron chi connectivity index (χ3n) is 4.59. The van der Waals surface area contributed by atoms with E-state index in [4.69, 9.17) is 0 Å². The highest BCUT2D eigenvalue weighted by molar-refractivity contribution is 7.10. The first-order chi connectivity index (χ1) is 11.0. The van der Waals surface area contributed by atoms with Crippen molar-refractivity contribution in [3.63, 3.8) is 0 Å². The molecular weight excluding hydrogens is 308 g/mol. The SMILES string of the molecule is CN1CC[C@@](C)(O)[C@@H](NC(=O)c2ccccc2)[C@@H]1c1cccs1. The quantitative estimate of drug-likeness (QED) is 0.910. The van der Waals surface area contributed by atoms with E-state index >= 15 is 0 Å². The van der Waals surface area contributed by atoms with Gasteiger partial charge in [-0.2, -0.15) is 0 Å². The summed E-state index contributed by atoms with van der Waals surface area (Å²) in [5.74, 6) is -0.146. The van der Waals surface area contributed by atoms with Crippen LogP contribution in [0.15, 0.2) is 47.8 Å². The molecule has 1 saturated heterocycles. The van der Waals surface area contributed by atoms with Crippen LogP contribution in [0.1, 0.15) is 34.6 Å². The van der Waals surface area contributed by atoms with Crippen molar-refractivity contribution in [3.05, 3.63) is 58.3 Å². The zero-order valence-electron chi connectivity index (χ0n) is 13.4. The standard InChI is InChI=1S/C18H22N2O2S/c1-18(22)10-11-20(2)15(14-9-6-12-23-14)16(18)19-17(21)13-7-4-3-5-8-13/h3-9,12,15-16,22H,10-11H2,1-2H3,(H,19,21)/t15-,16-,18+/m0/s1. The van der Waals surface area contributed by atoms with E-state index in [0.29, 0.717) is 12.0 Å². The molecule has 0 spiro atoms. The third kappa shape index (κ3) is 3.32. The van der Waals surface area contributed by atoms with Crippen LogP contribution in [0.3, 0.4) is 0 Å². The first kappa shape index (κ1) is 16.2. The Hall–Kier alpha value is -1.69. The molecule has 1 aromatic heterocycles. The number of amides is 1. The number of piperidine rings is 1. The van der Waals surface area contributed by atoms with Crippen molar-refractivity contribution in [2.45, 2.75) is 31.0 Å². The van der Waals surface area contributed by atoms with Crippen molar-refractivity contribution in [2.24, 2.45) is 0 Å². The van der Waals surface area contributed by atoms with E-state index in [9.17, 15) is 9.90 Å². The van der Waals surface area contributed by atoms with E-state index in [-0.39, 0.29) is 18.0 Å². The van der Waals surface area contributed by atoms with Crippen molar-refractivity contribution >= 4 is 17.2 Å². The van der Waals surface area contributed by atoms with Crippen LogP contribution in [0.5, 0.6) is 0 Å². The van der Waals surface area contributed by atoms with E-state index in [1.54, 1.807) is 23.5 Å². The van der Waals surface area contributed by atoms with Gasteiger partial charge in [-0.3, -0.25) is 9.69 Å². The minimum Gasteiger partial charge on any atom is -0.388 e. The summed E-state index contributed by atoms with van der Waals surface area (Å²) in [7, 11) is 2.04. The lowest BCUT2D eigenvalue weighted by molar-refractivity contribution is -0.0558. The van der Waals surface area contributed by atoms with Gasteiger partial charge in [0.25, 0.3) is 5.91 Å². The van der Waals surface area contributed by atoms with Crippen molar-refractivity contribution in [1.82, 2.24) is 10.2 Å². The molecular formula is C18H22N2O2S. The minimum absolute atomic E-state index is 0.0218. The zero-order valence-corrected chi connectivity index (χ0v) is 14.2. The van der Waals surface area contributed by atoms with Crippen LogP contribution in [-0.2, 0) is 0 Å². The van der Waals surface area contributed by atoms with Crippen molar-refractivity contribution in [3.8, 4) is 0 Å². The molecule has 1 fully saturated rings. The molecule has 1 aliphatic rings. The molecule has 3 rings (SSSR count).